The van der Waals surface area contributed by atoms with E-state index >= 15 is 0 Å². The Kier molecular flexibility index (Phi) is 14.3. The average molecular weight is 782 g/mol. The van der Waals surface area contributed by atoms with Crippen molar-refractivity contribution in [3.63, 3.8) is 0 Å². The highest BCUT2D eigenvalue weighted by Crippen LogP contribution is 2.39. The van der Waals surface area contributed by atoms with Crippen LogP contribution in [-0.2, 0) is 38.8 Å². The summed E-state index contributed by atoms with van der Waals surface area (Å²) in [7, 11) is 0. The topological polar surface area (TPSA) is 129 Å². The number of ether oxygens (including phenoxy) is 2. The molecule has 2 heterocycles. The molecule has 5 aromatic rings. The molecule has 58 heavy (non-hydrogen) atoms. The molecular formula is C48H55N5O5. The van der Waals surface area contributed by atoms with Gasteiger partial charge in [0.1, 0.15) is 0 Å². The second-order valence-electron chi connectivity index (χ2n) is 15.4. The van der Waals surface area contributed by atoms with Gasteiger partial charge in [-0.05, 0) is 64.4 Å². The van der Waals surface area contributed by atoms with Crippen molar-refractivity contribution in [2.45, 2.75) is 70.3 Å². The maximum absolute atomic E-state index is 12.6. The number of nitrogens with one attached hydrogen (secondary N) is 2. The highest BCUT2D eigenvalue weighted by atomic mass is 16.7. The first kappa shape index (κ1) is 40.8. The Balaban J connectivity index is 0.917. The Hall–Kier alpha value is -5.36. The number of hydrogen-bond acceptors (Lipinski definition) is 8. The normalized spacial score (nSPS) is 18.7. The lowest BCUT2D eigenvalue weighted by Gasteiger charge is -2.40. The molecule has 10 nitrogen and oxygen atoms in total. The zero-order valence-electron chi connectivity index (χ0n) is 33.1. The molecule has 2 amide bonds. The van der Waals surface area contributed by atoms with Crippen LogP contribution in [0.25, 0.3) is 11.1 Å². The summed E-state index contributed by atoms with van der Waals surface area (Å²) in [6, 6.07) is 42.4. The van der Waals surface area contributed by atoms with E-state index in [0.717, 1.165) is 79.1 Å². The van der Waals surface area contributed by atoms with E-state index in [4.69, 9.17) is 15.2 Å². The summed E-state index contributed by atoms with van der Waals surface area (Å²) < 4.78 is 13.4. The number of nitrogen functional groups attached to an aromatic ring is 1. The van der Waals surface area contributed by atoms with E-state index in [2.05, 4.69) is 99.3 Å². The number of unbranched alkanes of at least 4 members (excludes halogenated alkanes) is 1. The minimum absolute atomic E-state index is 0.00693. The van der Waals surface area contributed by atoms with Crippen molar-refractivity contribution in [2.24, 2.45) is 0 Å². The van der Waals surface area contributed by atoms with Gasteiger partial charge < -0.3 is 30.9 Å². The van der Waals surface area contributed by atoms with Crippen LogP contribution in [0.3, 0.4) is 0 Å². The standard InChI is InChI=1S/C48H55N5O5/c49-43-13-4-5-14-44(43)51-47(56)16-7-6-15-46(55)50-31-37-11-8-12-41(29-37)38-21-23-40(24-22-38)48-57-42(30-45(58-48)39-19-17-36(34-54)18-20-39)33-53-27-25-52(26-28-53)32-35-9-2-1-3-10-35/h1-5,8-14,17-24,29,42,45,48,54H,6-7,15-16,25-28,30-34,49H2,(H,50,55)(H,51,56). The lowest BCUT2D eigenvalue weighted by atomic mass is 9.98. The van der Waals surface area contributed by atoms with Crippen LogP contribution in [0.1, 0.15) is 72.3 Å². The van der Waals surface area contributed by atoms with E-state index in [1.807, 2.05) is 36.4 Å². The van der Waals surface area contributed by atoms with E-state index in [9.17, 15) is 14.7 Å². The fourth-order valence-electron chi connectivity index (χ4n) is 7.67. The number of rotatable bonds is 16. The van der Waals surface area contributed by atoms with Crippen molar-refractivity contribution >= 4 is 23.2 Å². The van der Waals surface area contributed by atoms with Crippen molar-refractivity contribution in [3.8, 4) is 11.1 Å². The number of para-hydroxylation sites is 2. The summed E-state index contributed by atoms with van der Waals surface area (Å²) in [5.41, 5.74) is 14.4. The average Bonchev–Trinajstić information content (AvgIpc) is 3.26. The van der Waals surface area contributed by atoms with Crippen LogP contribution in [0.4, 0.5) is 11.4 Å². The molecule has 7 rings (SSSR count). The smallest absolute Gasteiger partial charge is 0.224 e. The monoisotopic (exact) mass is 781 g/mol. The molecule has 0 aromatic heterocycles. The minimum atomic E-state index is -0.520. The zero-order chi connectivity index (χ0) is 40.1. The molecule has 2 aliphatic heterocycles. The fourth-order valence-corrected chi connectivity index (χ4v) is 7.67. The molecule has 0 saturated carbocycles. The van der Waals surface area contributed by atoms with Gasteiger partial charge in [0.15, 0.2) is 6.29 Å². The van der Waals surface area contributed by atoms with Crippen LogP contribution in [0.5, 0.6) is 0 Å². The second kappa shape index (κ2) is 20.4. The number of aliphatic hydroxyl groups is 1. The molecule has 0 spiro atoms. The van der Waals surface area contributed by atoms with E-state index in [1.54, 1.807) is 12.1 Å². The first-order valence-corrected chi connectivity index (χ1v) is 20.5. The Morgan fingerprint density at radius 1 is 0.672 bits per heavy atom. The Labute approximate surface area is 342 Å². The number of anilines is 2. The number of piperazine rings is 1. The van der Waals surface area contributed by atoms with Gasteiger partial charge in [0, 0.05) is 70.6 Å². The summed E-state index contributed by atoms with van der Waals surface area (Å²) in [5, 5.41) is 15.5. The van der Waals surface area contributed by atoms with Crippen LogP contribution in [0.15, 0.2) is 127 Å². The molecule has 3 unspecified atom stereocenters. The van der Waals surface area contributed by atoms with Crippen molar-refractivity contribution in [1.29, 1.82) is 0 Å². The molecule has 0 aliphatic carbocycles. The molecule has 5 N–H and O–H groups in total. The van der Waals surface area contributed by atoms with Crippen molar-refractivity contribution in [1.82, 2.24) is 15.1 Å². The van der Waals surface area contributed by atoms with Crippen molar-refractivity contribution in [2.75, 3.05) is 43.8 Å². The zero-order valence-corrected chi connectivity index (χ0v) is 33.1. The summed E-state index contributed by atoms with van der Waals surface area (Å²) in [4.78, 5) is 30.0. The van der Waals surface area contributed by atoms with E-state index in [0.29, 0.717) is 43.6 Å². The number of aliphatic hydroxyl groups excluding tert-OH is 1. The van der Waals surface area contributed by atoms with Gasteiger partial charge in [-0.15, -0.1) is 0 Å². The number of hydrogen-bond donors (Lipinski definition) is 4. The lowest BCUT2D eigenvalue weighted by Crippen LogP contribution is -2.49. The number of benzene rings is 5. The van der Waals surface area contributed by atoms with Crippen LogP contribution < -0.4 is 16.4 Å². The maximum atomic E-state index is 12.6. The summed E-state index contributed by atoms with van der Waals surface area (Å²) in [6.45, 7) is 6.29. The first-order chi connectivity index (χ1) is 28.4. The van der Waals surface area contributed by atoms with Gasteiger partial charge >= 0.3 is 0 Å². The van der Waals surface area contributed by atoms with Crippen LogP contribution in [0.2, 0.25) is 0 Å². The largest absolute Gasteiger partial charge is 0.397 e. The second-order valence-corrected chi connectivity index (χ2v) is 15.4. The van der Waals surface area contributed by atoms with Crippen LogP contribution >= 0.6 is 0 Å². The molecule has 5 aromatic carbocycles. The van der Waals surface area contributed by atoms with Gasteiger partial charge in [0.25, 0.3) is 0 Å². The maximum Gasteiger partial charge on any atom is 0.224 e. The lowest BCUT2D eigenvalue weighted by molar-refractivity contribution is -0.253. The number of nitrogens with two attached hydrogens (primary N) is 1. The van der Waals surface area contributed by atoms with E-state index in [1.165, 1.54) is 5.56 Å². The molecule has 3 atom stereocenters. The van der Waals surface area contributed by atoms with Gasteiger partial charge in [-0.3, -0.25) is 19.4 Å². The Bertz CT molecular complexity index is 2070. The molecule has 0 radical (unpaired) electrons. The molecule has 0 bridgehead atoms. The third kappa shape index (κ3) is 11.6. The van der Waals surface area contributed by atoms with E-state index in [-0.39, 0.29) is 30.6 Å². The molecule has 10 heteroatoms. The van der Waals surface area contributed by atoms with Gasteiger partial charge in [0.2, 0.25) is 11.8 Å². The summed E-state index contributed by atoms with van der Waals surface area (Å²) in [6.07, 6.45) is 2.00. The first-order valence-electron chi connectivity index (χ1n) is 20.5. The number of nitrogens with zero attached hydrogens (tertiary/aromatic N) is 2. The van der Waals surface area contributed by atoms with Gasteiger partial charge in [-0.2, -0.15) is 0 Å². The number of carbonyl (C=O) groups excluding carboxylic acids is 2. The third-order valence-electron chi connectivity index (χ3n) is 11.0. The SMILES string of the molecule is Nc1ccccc1NC(=O)CCCCC(=O)NCc1cccc(-c2ccc(C3OC(CN4CCN(Cc5ccccc5)CC4)CC(c4ccc(CO)cc4)O3)cc2)c1. The molecule has 302 valence electrons. The predicted molar refractivity (Wildman–Crippen MR) is 228 cm³/mol. The number of carbonyl (C=O) groups is 2. The number of amides is 2. The quantitative estimate of drug-likeness (QED) is 0.0595. The van der Waals surface area contributed by atoms with Crippen molar-refractivity contribution < 1.29 is 24.2 Å². The highest BCUT2D eigenvalue weighted by Gasteiger charge is 2.34. The minimum Gasteiger partial charge on any atom is -0.397 e. The molecule has 2 aliphatic rings. The summed E-state index contributed by atoms with van der Waals surface area (Å²) >= 11 is 0. The third-order valence-corrected chi connectivity index (χ3v) is 11.0. The molecular weight excluding hydrogens is 727 g/mol. The highest BCUT2D eigenvalue weighted by molar-refractivity contribution is 5.93. The Morgan fingerprint density at radius 3 is 2.09 bits per heavy atom. The molecule has 2 saturated heterocycles. The van der Waals surface area contributed by atoms with Gasteiger partial charge in [0.05, 0.1) is 30.2 Å². The predicted octanol–water partition coefficient (Wildman–Crippen LogP) is 7.61. The van der Waals surface area contributed by atoms with Gasteiger partial charge in [-0.1, -0.05) is 109 Å². The van der Waals surface area contributed by atoms with Crippen LogP contribution in [0, 0.1) is 0 Å². The Morgan fingerprint density at radius 2 is 1.34 bits per heavy atom. The van der Waals surface area contributed by atoms with Gasteiger partial charge in [-0.25, -0.2) is 0 Å². The summed E-state index contributed by atoms with van der Waals surface area (Å²) in [5.74, 6) is -0.152. The van der Waals surface area contributed by atoms with Crippen LogP contribution in [-0.4, -0.2) is 65.5 Å². The van der Waals surface area contributed by atoms with Crippen molar-refractivity contribution in [3.05, 3.63) is 155 Å². The molecule has 2 fully saturated rings. The fraction of sp³-hybridized carbons (Fsp3) is 0.333. The van der Waals surface area contributed by atoms with E-state index < -0.39 is 6.29 Å².